The van der Waals surface area contributed by atoms with Crippen LogP contribution in [0.15, 0.2) is 55.2 Å². The van der Waals surface area contributed by atoms with Crippen LogP contribution in [-0.4, -0.2) is 53.4 Å². The van der Waals surface area contributed by atoms with Crippen molar-refractivity contribution in [3.8, 4) is 5.82 Å². The lowest BCUT2D eigenvalue weighted by Gasteiger charge is -2.23. The summed E-state index contributed by atoms with van der Waals surface area (Å²) in [7, 11) is 0. The molecule has 0 bridgehead atoms. The van der Waals surface area contributed by atoms with Gasteiger partial charge in [0.15, 0.2) is 5.82 Å². The molecule has 0 aromatic carbocycles. The highest BCUT2D eigenvalue weighted by Crippen LogP contribution is 2.26. The van der Waals surface area contributed by atoms with Gasteiger partial charge in [-0.1, -0.05) is 6.07 Å². The number of hydrogen-bond acceptors (Lipinski definition) is 7. The highest BCUT2D eigenvalue weighted by Gasteiger charge is 2.27. The first-order valence-electron chi connectivity index (χ1n) is 9.27. The fourth-order valence-electron chi connectivity index (χ4n) is 3.57. The monoisotopic (exact) mass is 376 g/mol. The zero-order chi connectivity index (χ0) is 18.9. The molecule has 1 atom stereocenters. The first-order chi connectivity index (χ1) is 13.8. The van der Waals surface area contributed by atoms with E-state index in [1.54, 1.807) is 17.0 Å². The third kappa shape index (κ3) is 2.95. The molecule has 0 amide bonds. The Morgan fingerprint density at radius 1 is 1.18 bits per heavy atom. The van der Waals surface area contributed by atoms with Gasteiger partial charge in [-0.3, -0.25) is 4.57 Å². The van der Waals surface area contributed by atoms with E-state index in [2.05, 4.69) is 25.3 Å². The summed E-state index contributed by atoms with van der Waals surface area (Å²) in [6.45, 7) is 0.941. The Labute approximate surface area is 161 Å². The number of fused-ring (bicyclic) bond motifs is 1. The fraction of sp³-hybridized carbons (Fsp3) is 0.263. The zero-order valence-electron chi connectivity index (χ0n) is 15.2. The van der Waals surface area contributed by atoms with E-state index in [9.17, 15) is 5.11 Å². The number of nitrogens with one attached hydrogen (secondary N) is 1. The maximum absolute atomic E-state index is 9.65. The highest BCUT2D eigenvalue weighted by molar-refractivity contribution is 5.73. The Balaban J connectivity index is 1.49. The van der Waals surface area contributed by atoms with Crippen molar-refractivity contribution < 1.29 is 5.11 Å². The van der Waals surface area contributed by atoms with Crippen LogP contribution in [0.1, 0.15) is 12.8 Å². The second kappa shape index (κ2) is 6.93. The Hall–Kier alpha value is -3.46. The smallest absolute Gasteiger partial charge is 0.245 e. The van der Waals surface area contributed by atoms with Crippen LogP contribution in [0.4, 0.5) is 17.6 Å². The van der Waals surface area contributed by atoms with Crippen LogP contribution in [-0.2, 0) is 0 Å². The van der Waals surface area contributed by atoms with Gasteiger partial charge in [-0.25, -0.2) is 14.5 Å². The third-order valence-corrected chi connectivity index (χ3v) is 4.97. The predicted molar refractivity (Wildman–Crippen MR) is 105 cm³/mol. The number of aliphatic hydroxyl groups excluding tert-OH is 1. The molecule has 9 nitrogen and oxygen atoms in total. The third-order valence-electron chi connectivity index (χ3n) is 4.97. The second-order valence-electron chi connectivity index (χ2n) is 6.75. The molecule has 0 saturated carbocycles. The number of aromatic nitrogens is 6. The average Bonchev–Trinajstić information content (AvgIpc) is 3.48. The number of hydrogen-bond donors (Lipinski definition) is 2. The molecular formula is C19H20N8O. The number of imidazole rings is 1. The molecule has 1 aliphatic rings. The van der Waals surface area contributed by atoms with Crippen molar-refractivity contribution in [1.82, 2.24) is 29.1 Å². The summed E-state index contributed by atoms with van der Waals surface area (Å²) in [6, 6.07) is 9.67. The van der Waals surface area contributed by atoms with Gasteiger partial charge in [0.25, 0.3) is 0 Å². The number of rotatable bonds is 5. The lowest BCUT2D eigenvalue weighted by molar-refractivity contribution is 0.265. The largest absolute Gasteiger partial charge is 0.394 e. The summed E-state index contributed by atoms with van der Waals surface area (Å²) < 4.78 is 3.65. The molecule has 0 spiro atoms. The zero-order valence-corrected chi connectivity index (χ0v) is 15.2. The van der Waals surface area contributed by atoms with Gasteiger partial charge in [-0.05, 0) is 37.1 Å². The molecular weight excluding hydrogens is 356 g/mol. The summed E-state index contributed by atoms with van der Waals surface area (Å²) in [6.07, 6.45) is 9.19. The number of aliphatic hydroxyl groups is 1. The number of anilines is 3. The highest BCUT2D eigenvalue weighted by atomic mass is 16.3. The summed E-state index contributed by atoms with van der Waals surface area (Å²) in [4.78, 5) is 15.6. The molecule has 9 heteroatoms. The van der Waals surface area contributed by atoms with Gasteiger partial charge in [0.05, 0.1) is 18.8 Å². The van der Waals surface area contributed by atoms with E-state index in [1.165, 1.54) is 0 Å². The maximum Gasteiger partial charge on any atom is 0.245 e. The first-order valence-corrected chi connectivity index (χ1v) is 9.27. The van der Waals surface area contributed by atoms with Crippen LogP contribution in [0.5, 0.6) is 0 Å². The second-order valence-corrected chi connectivity index (χ2v) is 6.75. The summed E-state index contributed by atoms with van der Waals surface area (Å²) in [5, 5.41) is 17.6. The SMILES string of the molecule is OCC1CCCN1c1nc(Nc2cn(-c3ccccn3)cn2)c2cccn2n1. The maximum atomic E-state index is 9.65. The Morgan fingerprint density at radius 3 is 3.00 bits per heavy atom. The van der Waals surface area contributed by atoms with Crippen molar-refractivity contribution in [3.63, 3.8) is 0 Å². The lowest BCUT2D eigenvalue weighted by Crippen LogP contribution is -2.34. The Kier molecular flexibility index (Phi) is 4.13. The van der Waals surface area contributed by atoms with Crippen molar-refractivity contribution in [2.24, 2.45) is 0 Å². The molecule has 4 aromatic rings. The van der Waals surface area contributed by atoms with E-state index < -0.39 is 0 Å². The average molecular weight is 376 g/mol. The summed E-state index contributed by atoms with van der Waals surface area (Å²) >= 11 is 0. The summed E-state index contributed by atoms with van der Waals surface area (Å²) in [5.41, 5.74) is 0.857. The van der Waals surface area contributed by atoms with Crippen LogP contribution in [0.2, 0.25) is 0 Å². The normalized spacial score (nSPS) is 16.8. The van der Waals surface area contributed by atoms with Crippen LogP contribution < -0.4 is 10.2 Å². The van der Waals surface area contributed by atoms with Crippen LogP contribution in [0.25, 0.3) is 11.3 Å². The van der Waals surface area contributed by atoms with Crippen molar-refractivity contribution in [3.05, 3.63) is 55.2 Å². The predicted octanol–water partition coefficient (Wildman–Crippen LogP) is 2.01. The van der Waals surface area contributed by atoms with E-state index >= 15 is 0 Å². The van der Waals surface area contributed by atoms with Crippen LogP contribution in [0, 0.1) is 0 Å². The molecule has 1 aliphatic heterocycles. The Bertz CT molecular complexity index is 1090. The van der Waals surface area contributed by atoms with E-state index in [0.29, 0.717) is 17.6 Å². The first kappa shape index (κ1) is 16.7. The topological polar surface area (TPSA) is 96.4 Å². The van der Waals surface area contributed by atoms with Crippen molar-refractivity contribution in [2.75, 3.05) is 23.4 Å². The van der Waals surface area contributed by atoms with E-state index in [4.69, 9.17) is 4.98 Å². The molecule has 5 rings (SSSR count). The minimum atomic E-state index is 0.0595. The molecule has 2 N–H and O–H groups in total. The minimum Gasteiger partial charge on any atom is -0.394 e. The molecule has 1 fully saturated rings. The molecule has 1 unspecified atom stereocenters. The lowest BCUT2D eigenvalue weighted by atomic mass is 10.2. The fourth-order valence-corrected chi connectivity index (χ4v) is 3.57. The Morgan fingerprint density at radius 2 is 2.14 bits per heavy atom. The molecule has 5 heterocycles. The van der Waals surface area contributed by atoms with Crippen molar-refractivity contribution >= 4 is 23.1 Å². The van der Waals surface area contributed by atoms with Gasteiger partial charge in [-0.15, -0.1) is 5.10 Å². The van der Waals surface area contributed by atoms with Gasteiger partial charge in [0.2, 0.25) is 5.95 Å². The molecule has 142 valence electrons. The van der Waals surface area contributed by atoms with Gasteiger partial charge in [-0.2, -0.15) is 4.98 Å². The number of nitrogens with zero attached hydrogens (tertiary/aromatic N) is 7. The van der Waals surface area contributed by atoms with Crippen LogP contribution >= 0.6 is 0 Å². The van der Waals surface area contributed by atoms with Crippen molar-refractivity contribution in [2.45, 2.75) is 18.9 Å². The van der Waals surface area contributed by atoms with E-state index in [1.807, 2.05) is 47.3 Å². The van der Waals surface area contributed by atoms with Gasteiger partial charge in [0.1, 0.15) is 23.5 Å². The quantitative estimate of drug-likeness (QED) is 0.550. The molecule has 0 aliphatic carbocycles. The van der Waals surface area contributed by atoms with Gasteiger partial charge in [0, 0.05) is 18.9 Å². The molecule has 0 radical (unpaired) electrons. The van der Waals surface area contributed by atoms with Gasteiger partial charge >= 0.3 is 0 Å². The van der Waals surface area contributed by atoms with Crippen molar-refractivity contribution in [1.29, 1.82) is 0 Å². The van der Waals surface area contributed by atoms with E-state index in [0.717, 1.165) is 30.7 Å². The minimum absolute atomic E-state index is 0.0595. The standard InChI is InChI=1S/C19H20N8O/c28-12-14-5-3-9-26(14)19-23-18(15-6-4-10-27(15)24-19)22-16-11-25(13-21-16)17-7-1-2-8-20-17/h1-2,4,6-8,10-11,13-14,28H,3,5,9,12H2,(H,22,23,24). The summed E-state index contributed by atoms with van der Waals surface area (Å²) in [5.74, 6) is 2.73. The number of pyridine rings is 1. The van der Waals surface area contributed by atoms with Gasteiger partial charge < -0.3 is 15.3 Å². The molecule has 28 heavy (non-hydrogen) atoms. The molecule has 1 saturated heterocycles. The van der Waals surface area contributed by atoms with Crippen LogP contribution in [0.3, 0.4) is 0 Å². The van der Waals surface area contributed by atoms with E-state index in [-0.39, 0.29) is 12.6 Å². The molecule has 4 aromatic heterocycles.